The molecule has 1 aromatic heterocycles. The van der Waals surface area contributed by atoms with Gasteiger partial charge in [0, 0.05) is 42.8 Å². The molecular formula is C25H30F2N2O5. The first-order chi connectivity index (χ1) is 16.2. The van der Waals surface area contributed by atoms with Gasteiger partial charge in [-0.1, -0.05) is 6.07 Å². The fourth-order valence-corrected chi connectivity index (χ4v) is 5.47. The van der Waals surface area contributed by atoms with E-state index in [1.54, 1.807) is 30.2 Å². The third-order valence-electron chi connectivity index (χ3n) is 7.16. The SMILES string of the molecule is CN(CCC[C@]1(O)[C@H]2CCN(CC(F)F)[C@@H]1Cc1ccc(O)c(O)c12)C(=O)/C=C/c1ccoc1. The van der Waals surface area contributed by atoms with Crippen LogP contribution in [0.1, 0.15) is 41.9 Å². The van der Waals surface area contributed by atoms with Gasteiger partial charge < -0.3 is 24.6 Å². The monoisotopic (exact) mass is 476 g/mol. The Labute approximate surface area is 196 Å². The van der Waals surface area contributed by atoms with Crippen LogP contribution in [-0.2, 0) is 11.2 Å². The number of fused-ring (bicyclic) bond motifs is 4. The van der Waals surface area contributed by atoms with Crippen molar-refractivity contribution in [3.8, 4) is 11.5 Å². The quantitative estimate of drug-likeness (QED) is 0.399. The second-order valence-electron chi connectivity index (χ2n) is 9.20. The highest BCUT2D eigenvalue weighted by Gasteiger charge is 2.54. The first kappa shape index (κ1) is 24.2. The predicted octanol–water partition coefficient (Wildman–Crippen LogP) is 3.35. The maximum absolute atomic E-state index is 13.3. The van der Waals surface area contributed by atoms with E-state index in [1.807, 2.05) is 0 Å². The van der Waals surface area contributed by atoms with Gasteiger partial charge in [-0.3, -0.25) is 9.69 Å². The number of hydrogen-bond acceptors (Lipinski definition) is 6. The predicted molar refractivity (Wildman–Crippen MR) is 122 cm³/mol. The molecule has 0 spiro atoms. The van der Waals surface area contributed by atoms with Crippen molar-refractivity contribution in [2.45, 2.75) is 49.7 Å². The minimum absolute atomic E-state index is 0.204. The number of halogens is 2. The molecular weight excluding hydrogens is 446 g/mol. The van der Waals surface area contributed by atoms with E-state index < -0.39 is 30.5 Å². The number of carbonyl (C=O) groups excluding carboxylic acids is 1. The summed E-state index contributed by atoms with van der Waals surface area (Å²) in [7, 11) is 1.66. The summed E-state index contributed by atoms with van der Waals surface area (Å²) in [6.07, 6.45) is 4.99. The van der Waals surface area contributed by atoms with E-state index in [4.69, 9.17) is 4.42 Å². The van der Waals surface area contributed by atoms with Gasteiger partial charge in [-0.25, -0.2) is 8.78 Å². The number of likely N-dealkylation sites (N-methyl/N-ethyl adjacent to an activating group) is 1. The minimum atomic E-state index is -2.53. The Bertz CT molecular complexity index is 1040. The number of likely N-dealkylation sites (tertiary alicyclic amines) is 1. The van der Waals surface area contributed by atoms with Gasteiger partial charge in [-0.2, -0.15) is 0 Å². The van der Waals surface area contributed by atoms with Crippen LogP contribution >= 0.6 is 0 Å². The third-order valence-corrected chi connectivity index (χ3v) is 7.16. The number of rotatable bonds is 8. The lowest BCUT2D eigenvalue weighted by Crippen LogP contribution is -2.64. The molecule has 7 nitrogen and oxygen atoms in total. The van der Waals surface area contributed by atoms with Gasteiger partial charge in [-0.15, -0.1) is 0 Å². The minimum Gasteiger partial charge on any atom is -0.504 e. The molecule has 3 atom stereocenters. The number of benzene rings is 1. The van der Waals surface area contributed by atoms with E-state index >= 15 is 0 Å². The van der Waals surface area contributed by atoms with Crippen LogP contribution < -0.4 is 0 Å². The van der Waals surface area contributed by atoms with Crippen molar-refractivity contribution in [2.24, 2.45) is 0 Å². The fourth-order valence-electron chi connectivity index (χ4n) is 5.47. The highest BCUT2D eigenvalue weighted by Crippen LogP contribution is 2.53. The Balaban J connectivity index is 1.50. The van der Waals surface area contributed by atoms with Crippen molar-refractivity contribution in [3.63, 3.8) is 0 Å². The van der Waals surface area contributed by atoms with Gasteiger partial charge >= 0.3 is 0 Å². The maximum Gasteiger partial charge on any atom is 0.251 e. The number of amides is 1. The number of aromatic hydroxyl groups is 2. The van der Waals surface area contributed by atoms with E-state index in [0.29, 0.717) is 37.9 Å². The zero-order valence-electron chi connectivity index (χ0n) is 19.0. The molecule has 2 aliphatic rings. The van der Waals surface area contributed by atoms with Gasteiger partial charge in [0.15, 0.2) is 11.5 Å². The molecule has 2 aromatic rings. The first-order valence-electron chi connectivity index (χ1n) is 11.4. The van der Waals surface area contributed by atoms with Crippen molar-refractivity contribution in [3.05, 3.63) is 53.5 Å². The largest absolute Gasteiger partial charge is 0.504 e. The smallest absolute Gasteiger partial charge is 0.251 e. The van der Waals surface area contributed by atoms with E-state index in [9.17, 15) is 28.9 Å². The molecule has 1 aliphatic carbocycles. The van der Waals surface area contributed by atoms with Crippen LogP contribution in [-0.4, -0.2) is 75.8 Å². The van der Waals surface area contributed by atoms with Gasteiger partial charge in [0.25, 0.3) is 6.43 Å². The van der Waals surface area contributed by atoms with Gasteiger partial charge in [0.1, 0.15) is 0 Å². The molecule has 4 rings (SSSR count). The Morgan fingerprint density at radius 3 is 2.85 bits per heavy atom. The lowest BCUT2D eigenvalue weighted by Gasteiger charge is -2.55. The topological polar surface area (TPSA) is 97.4 Å². The summed E-state index contributed by atoms with van der Waals surface area (Å²) in [5, 5.41) is 32.5. The Morgan fingerprint density at radius 2 is 2.15 bits per heavy atom. The molecule has 1 fully saturated rings. The van der Waals surface area contributed by atoms with Gasteiger partial charge in [0.2, 0.25) is 5.91 Å². The number of hydrogen-bond donors (Lipinski definition) is 3. The molecule has 0 unspecified atom stereocenters. The number of furan rings is 1. The summed E-state index contributed by atoms with van der Waals surface area (Å²) in [4.78, 5) is 15.6. The normalized spacial score (nSPS) is 24.5. The van der Waals surface area contributed by atoms with Gasteiger partial charge in [0.05, 0.1) is 24.7 Å². The Hall–Kier alpha value is -2.91. The average molecular weight is 477 g/mol. The van der Waals surface area contributed by atoms with Crippen LogP contribution in [0.5, 0.6) is 11.5 Å². The first-order valence-corrected chi connectivity index (χ1v) is 11.4. The summed E-state index contributed by atoms with van der Waals surface area (Å²) in [5.41, 5.74) is 0.655. The summed E-state index contributed by atoms with van der Waals surface area (Å²) in [6, 6.07) is 4.27. The van der Waals surface area contributed by atoms with Crippen LogP contribution in [0.4, 0.5) is 8.78 Å². The summed E-state index contributed by atoms with van der Waals surface area (Å²) in [6.45, 7) is 0.300. The van der Waals surface area contributed by atoms with Crippen molar-refractivity contribution >= 4 is 12.0 Å². The molecule has 3 N–H and O–H groups in total. The lowest BCUT2D eigenvalue weighted by atomic mass is 9.63. The zero-order valence-corrected chi connectivity index (χ0v) is 19.0. The lowest BCUT2D eigenvalue weighted by molar-refractivity contribution is -0.127. The third kappa shape index (κ3) is 4.67. The molecule has 0 saturated carbocycles. The van der Waals surface area contributed by atoms with Crippen LogP contribution in [0.25, 0.3) is 6.08 Å². The number of nitrogens with zero attached hydrogens (tertiary/aromatic N) is 2. The number of aliphatic hydroxyl groups is 1. The highest BCUT2D eigenvalue weighted by molar-refractivity contribution is 5.91. The number of phenolic OH excluding ortho intramolecular Hbond substituents is 2. The van der Waals surface area contributed by atoms with Crippen LogP contribution in [0.15, 0.2) is 41.2 Å². The molecule has 2 heterocycles. The average Bonchev–Trinajstić information content (AvgIpc) is 3.30. The maximum atomic E-state index is 13.3. The summed E-state index contributed by atoms with van der Waals surface area (Å²) in [5.74, 6) is -1.21. The molecule has 1 aliphatic heterocycles. The second kappa shape index (κ2) is 9.76. The summed E-state index contributed by atoms with van der Waals surface area (Å²) < 4.78 is 31.5. The second-order valence-corrected chi connectivity index (χ2v) is 9.20. The number of phenols is 2. The van der Waals surface area contributed by atoms with Crippen molar-refractivity contribution < 1.29 is 33.3 Å². The Kier molecular flexibility index (Phi) is 6.95. The van der Waals surface area contributed by atoms with E-state index in [2.05, 4.69) is 0 Å². The van der Waals surface area contributed by atoms with Crippen molar-refractivity contribution in [1.82, 2.24) is 9.80 Å². The molecule has 1 amide bonds. The molecule has 184 valence electrons. The number of alkyl halides is 2. The zero-order chi connectivity index (χ0) is 24.5. The fraction of sp³-hybridized carbons (Fsp3) is 0.480. The van der Waals surface area contributed by atoms with Crippen LogP contribution in [0.3, 0.4) is 0 Å². The number of carbonyl (C=O) groups is 1. The number of piperidine rings is 1. The molecule has 1 saturated heterocycles. The van der Waals surface area contributed by atoms with E-state index in [-0.39, 0.29) is 23.8 Å². The summed E-state index contributed by atoms with van der Waals surface area (Å²) >= 11 is 0. The molecule has 0 radical (unpaired) electrons. The van der Waals surface area contributed by atoms with E-state index in [0.717, 1.165) is 11.1 Å². The molecule has 34 heavy (non-hydrogen) atoms. The standard InChI is InChI=1S/C25H30F2N2O5/c1-28(22(31)6-3-16-8-12-34-15-16)10-2-9-25(33)18-7-11-29(14-21(26)27)20(25)13-17-4-5-19(30)24(32)23(17)18/h3-6,8,12,15,18,20-21,30,32-33H,2,7,9-11,13-14H2,1H3/b6-3+/t18-,20+,25-/m0/s1. The van der Waals surface area contributed by atoms with Crippen molar-refractivity contribution in [2.75, 3.05) is 26.7 Å². The Morgan fingerprint density at radius 1 is 1.35 bits per heavy atom. The molecule has 1 aromatic carbocycles. The van der Waals surface area contributed by atoms with Gasteiger partial charge in [-0.05, 0) is 56.0 Å². The van der Waals surface area contributed by atoms with Crippen LogP contribution in [0.2, 0.25) is 0 Å². The highest BCUT2D eigenvalue weighted by atomic mass is 19.3. The molecule has 2 bridgehead atoms. The van der Waals surface area contributed by atoms with E-state index in [1.165, 1.54) is 29.6 Å². The molecule has 9 heteroatoms. The van der Waals surface area contributed by atoms with Crippen molar-refractivity contribution in [1.29, 1.82) is 0 Å². The van der Waals surface area contributed by atoms with Crippen LogP contribution in [0, 0.1) is 0 Å².